The molecular weight excluding hydrogens is 343 g/mol. The summed E-state index contributed by atoms with van der Waals surface area (Å²) in [5, 5.41) is 4.60. The molecule has 0 aliphatic heterocycles. The van der Waals surface area contributed by atoms with Crippen molar-refractivity contribution in [1.29, 1.82) is 0 Å². The number of carbonyl (C=O) groups is 1. The number of amides is 1. The Morgan fingerprint density at radius 1 is 1.00 bits per heavy atom. The average Bonchev–Trinajstić information content (AvgIpc) is 2.49. The van der Waals surface area contributed by atoms with Crippen LogP contribution in [-0.2, 0) is 0 Å². The second kappa shape index (κ2) is 6.13. The Balaban J connectivity index is 2.02. The number of pyridine rings is 1. The first-order valence-electron chi connectivity index (χ1n) is 6.36. The molecule has 1 amide bonds. The van der Waals surface area contributed by atoms with E-state index in [1.54, 1.807) is 24.3 Å². The maximum Gasteiger partial charge on any atom is 0.256 e. The molecular formula is C16H9Cl3N2O. The Kier molecular flexibility index (Phi) is 4.21. The van der Waals surface area contributed by atoms with Crippen LogP contribution in [0.4, 0.5) is 5.69 Å². The van der Waals surface area contributed by atoms with Gasteiger partial charge in [-0.15, -0.1) is 0 Å². The quantitative estimate of drug-likeness (QED) is 0.624. The minimum Gasteiger partial charge on any atom is -0.321 e. The van der Waals surface area contributed by atoms with Gasteiger partial charge >= 0.3 is 0 Å². The molecule has 6 heteroatoms. The topological polar surface area (TPSA) is 42.0 Å². The zero-order chi connectivity index (χ0) is 15.7. The van der Waals surface area contributed by atoms with E-state index in [0.717, 1.165) is 5.39 Å². The number of nitrogens with one attached hydrogen (secondary N) is 1. The zero-order valence-electron chi connectivity index (χ0n) is 11.1. The molecule has 3 rings (SSSR count). The van der Waals surface area contributed by atoms with Crippen molar-refractivity contribution < 1.29 is 4.79 Å². The van der Waals surface area contributed by atoms with Crippen molar-refractivity contribution in [2.24, 2.45) is 0 Å². The van der Waals surface area contributed by atoms with Crippen LogP contribution in [0.1, 0.15) is 10.4 Å². The molecule has 1 heterocycles. The standard InChI is InChI=1S/C16H9Cl3N2O/c17-9-5-6-14(12(18)7-9)21-16(22)11-8-15(19)20-13-4-2-1-3-10(11)13/h1-8H,(H,21,22). The maximum absolute atomic E-state index is 12.5. The highest BCUT2D eigenvalue weighted by molar-refractivity contribution is 6.37. The first kappa shape index (κ1) is 15.1. The highest BCUT2D eigenvalue weighted by atomic mass is 35.5. The average molecular weight is 352 g/mol. The molecule has 0 unspecified atom stereocenters. The van der Waals surface area contributed by atoms with E-state index in [9.17, 15) is 4.79 Å². The van der Waals surface area contributed by atoms with Gasteiger partial charge in [-0.3, -0.25) is 4.79 Å². The number of para-hydroxylation sites is 1. The number of nitrogens with zero attached hydrogens (tertiary/aromatic N) is 1. The second-order valence-electron chi connectivity index (χ2n) is 4.59. The summed E-state index contributed by atoms with van der Waals surface area (Å²) in [6, 6.07) is 13.7. The van der Waals surface area contributed by atoms with Crippen molar-refractivity contribution in [2.75, 3.05) is 5.32 Å². The van der Waals surface area contributed by atoms with Crippen LogP contribution in [-0.4, -0.2) is 10.9 Å². The molecule has 0 aliphatic rings. The summed E-state index contributed by atoms with van der Waals surface area (Å²) >= 11 is 17.9. The highest BCUT2D eigenvalue weighted by Crippen LogP contribution is 2.27. The Hall–Kier alpha value is -1.81. The van der Waals surface area contributed by atoms with Crippen LogP contribution in [0.3, 0.4) is 0 Å². The lowest BCUT2D eigenvalue weighted by Gasteiger charge is -2.10. The van der Waals surface area contributed by atoms with Crippen LogP contribution in [0.25, 0.3) is 10.9 Å². The molecule has 22 heavy (non-hydrogen) atoms. The number of anilines is 1. The molecule has 2 aromatic carbocycles. The second-order valence-corrected chi connectivity index (χ2v) is 5.82. The minimum atomic E-state index is -0.315. The highest BCUT2D eigenvalue weighted by Gasteiger charge is 2.14. The monoisotopic (exact) mass is 350 g/mol. The van der Waals surface area contributed by atoms with Crippen molar-refractivity contribution >= 4 is 57.3 Å². The van der Waals surface area contributed by atoms with Crippen molar-refractivity contribution in [3.8, 4) is 0 Å². The van der Waals surface area contributed by atoms with Crippen LogP contribution < -0.4 is 5.32 Å². The van der Waals surface area contributed by atoms with Gasteiger partial charge in [0.1, 0.15) is 5.15 Å². The maximum atomic E-state index is 12.5. The van der Waals surface area contributed by atoms with Crippen LogP contribution in [0, 0.1) is 0 Å². The van der Waals surface area contributed by atoms with Gasteiger partial charge in [0.25, 0.3) is 5.91 Å². The van der Waals surface area contributed by atoms with Crippen LogP contribution >= 0.6 is 34.8 Å². The SMILES string of the molecule is O=C(Nc1ccc(Cl)cc1Cl)c1cc(Cl)nc2ccccc12. The summed E-state index contributed by atoms with van der Waals surface area (Å²) in [7, 11) is 0. The third kappa shape index (κ3) is 3.02. The van der Waals surface area contributed by atoms with E-state index < -0.39 is 0 Å². The Bertz CT molecular complexity index is 880. The molecule has 3 aromatic rings. The van der Waals surface area contributed by atoms with Gasteiger partial charge in [0.15, 0.2) is 0 Å². The Morgan fingerprint density at radius 3 is 2.55 bits per heavy atom. The Labute approximate surface area is 141 Å². The van der Waals surface area contributed by atoms with Gasteiger partial charge < -0.3 is 5.32 Å². The molecule has 0 aliphatic carbocycles. The van der Waals surface area contributed by atoms with E-state index >= 15 is 0 Å². The number of aromatic nitrogens is 1. The van der Waals surface area contributed by atoms with E-state index in [-0.39, 0.29) is 11.1 Å². The fourth-order valence-electron chi connectivity index (χ4n) is 2.11. The van der Waals surface area contributed by atoms with Crippen molar-refractivity contribution in [3.63, 3.8) is 0 Å². The summed E-state index contributed by atoms with van der Waals surface area (Å²) < 4.78 is 0. The van der Waals surface area contributed by atoms with E-state index in [4.69, 9.17) is 34.8 Å². The number of benzene rings is 2. The van der Waals surface area contributed by atoms with Gasteiger partial charge in [0.05, 0.1) is 21.8 Å². The van der Waals surface area contributed by atoms with E-state index in [0.29, 0.717) is 26.8 Å². The number of hydrogen-bond acceptors (Lipinski definition) is 2. The predicted octanol–water partition coefficient (Wildman–Crippen LogP) is 5.45. The van der Waals surface area contributed by atoms with Crippen molar-refractivity contribution in [3.05, 3.63) is 69.3 Å². The molecule has 0 radical (unpaired) electrons. The lowest BCUT2D eigenvalue weighted by Crippen LogP contribution is -2.13. The molecule has 1 N–H and O–H groups in total. The molecule has 0 spiro atoms. The van der Waals surface area contributed by atoms with Gasteiger partial charge in [-0.2, -0.15) is 0 Å². The summed E-state index contributed by atoms with van der Waals surface area (Å²) in [5.41, 5.74) is 1.57. The first-order valence-corrected chi connectivity index (χ1v) is 7.49. The number of hydrogen-bond donors (Lipinski definition) is 1. The number of halogens is 3. The minimum absolute atomic E-state index is 0.256. The summed E-state index contributed by atoms with van der Waals surface area (Å²) in [4.78, 5) is 16.7. The lowest BCUT2D eigenvalue weighted by atomic mass is 10.1. The summed E-state index contributed by atoms with van der Waals surface area (Å²) in [5.74, 6) is -0.315. The van der Waals surface area contributed by atoms with E-state index in [2.05, 4.69) is 10.3 Å². The van der Waals surface area contributed by atoms with Crippen molar-refractivity contribution in [1.82, 2.24) is 4.98 Å². The molecule has 0 atom stereocenters. The zero-order valence-corrected chi connectivity index (χ0v) is 13.4. The van der Waals surface area contributed by atoms with Gasteiger partial charge in [-0.25, -0.2) is 4.98 Å². The molecule has 0 saturated carbocycles. The number of carbonyl (C=O) groups excluding carboxylic acids is 1. The molecule has 0 saturated heterocycles. The Morgan fingerprint density at radius 2 is 1.77 bits per heavy atom. The smallest absolute Gasteiger partial charge is 0.256 e. The van der Waals surface area contributed by atoms with E-state index in [1.165, 1.54) is 6.07 Å². The summed E-state index contributed by atoms with van der Waals surface area (Å²) in [6.07, 6.45) is 0. The van der Waals surface area contributed by atoms with Gasteiger partial charge in [-0.1, -0.05) is 53.0 Å². The van der Waals surface area contributed by atoms with Gasteiger partial charge in [0, 0.05) is 10.4 Å². The number of fused-ring (bicyclic) bond motifs is 1. The van der Waals surface area contributed by atoms with Gasteiger partial charge in [-0.05, 0) is 30.3 Å². The normalized spacial score (nSPS) is 10.7. The molecule has 0 fully saturated rings. The predicted molar refractivity (Wildman–Crippen MR) is 91.2 cm³/mol. The lowest BCUT2D eigenvalue weighted by molar-refractivity contribution is 0.102. The first-order chi connectivity index (χ1) is 10.5. The molecule has 1 aromatic heterocycles. The fraction of sp³-hybridized carbons (Fsp3) is 0. The fourth-order valence-corrected chi connectivity index (χ4v) is 2.77. The largest absolute Gasteiger partial charge is 0.321 e. The van der Waals surface area contributed by atoms with Crippen LogP contribution in [0.15, 0.2) is 48.5 Å². The van der Waals surface area contributed by atoms with Crippen LogP contribution in [0.2, 0.25) is 15.2 Å². The number of rotatable bonds is 2. The van der Waals surface area contributed by atoms with Crippen LogP contribution in [0.5, 0.6) is 0 Å². The van der Waals surface area contributed by atoms with Crippen molar-refractivity contribution in [2.45, 2.75) is 0 Å². The molecule has 110 valence electrons. The summed E-state index contributed by atoms with van der Waals surface area (Å²) in [6.45, 7) is 0. The van der Waals surface area contributed by atoms with E-state index in [1.807, 2.05) is 18.2 Å². The molecule has 0 bridgehead atoms. The molecule has 3 nitrogen and oxygen atoms in total. The third-order valence-electron chi connectivity index (χ3n) is 3.11. The van der Waals surface area contributed by atoms with Gasteiger partial charge in [0.2, 0.25) is 0 Å². The third-order valence-corrected chi connectivity index (χ3v) is 3.85.